The second-order valence-electron chi connectivity index (χ2n) is 5.13. The Morgan fingerprint density at radius 1 is 1.35 bits per heavy atom. The van der Waals surface area contributed by atoms with E-state index in [1.807, 2.05) is 36.3 Å². The van der Waals surface area contributed by atoms with Crippen LogP contribution in [0.25, 0.3) is 0 Å². The molecule has 0 aromatic carbocycles. The first-order valence-corrected chi connectivity index (χ1v) is 6.98. The zero-order chi connectivity index (χ0) is 13.8. The van der Waals surface area contributed by atoms with Crippen LogP contribution in [0, 0.1) is 0 Å². The molecule has 3 rings (SSSR count). The fourth-order valence-corrected chi connectivity index (χ4v) is 1.91. The largest absolute Gasteiger partial charge is 0.407 e. The van der Waals surface area contributed by atoms with Gasteiger partial charge in [-0.3, -0.25) is 4.98 Å². The fourth-order valence-electron chi connectivity index (χ4n) is 1.91. The molecule has 0 saturated heterocycles. The topological polar surface area (TPSA) is 67.1 Å². The number of nitrogens with zero attached hydrogens (tertiary/aromatic N) is 4. The molecule has 0 spiro atoms. The molecule has 0 aliphatic heterocycles. The maximum Gasteiger partial charge on any atom is 0.317 e. The Kier molecular flexibility index (Phi) is 3.92. The van der Waals surface area contributed by atoms with Crippen LogP contribution in [-0.4, -0.2) is 34.8 Å². The van der Waals surface area contributed by atoms with Crippen molar-refractivity contribution in [1.82, 2.24) is 20.5 Å². The van der Waals surface area contributed by atoms with Gasteiger partial charge in [-0.05, 0) is 25.0 Å². The van der Waals surface area contributed by atoms with Crippen LogP contribution in [0.4, 0.5) is 6.01 Å². The predicted octanol–water partition coefficient (Wildman–Crippen LogP) is 1.40. The Bertz CT molecular complexity index is 538. The first-order chi connectivity index (χ1) is 9.81. The Morgan fingerprint density at radius 2 is 2.25 bits per heavy atom. The molecule has 1 aliphatic rings. The van der Waals surface area contributed by atoms with E-state index in [4.69, 9.17) is 4.42 Å². The van der Waals surface area contributed by atoms with Gasteiger partial charge in [-0.15, -0.1) is 5.10 Å². The van der Waals surface area contributed by atoms with Crippen LogP contribution in [-0.2, 0) is 13.0 Å². The number of hydrogen-bond acceptors (Lipinski definition) is 6. The molecule has 1 saturated carbocycles. The number of hydrogen-bond donors (Lipinski definition) is 1. The molecule has 2 aromatic rings. The fraction of sp³-hybridized carbons (Fsp3) is 0.500. The zero-order valence-corrected chi connectivity index (χ0v) is 11.6. The van der Waals surface area contributed by atoms with E-state index in [1.165, 1.54) is 12.8 Å². The van der Waals surface area contributed by atoms with Crippen LogP contribution in [0.15, 0.2) is 28.8 Å². The first kappa shape index (κ1) is 13.1. The minimum absolute atomic E-state index is 0.563. The molecular weight excluding hydrogens is 254 g/mol. The summed E-state index contributed by atoms with van der Waals surface area (Å²) in [7, 11) is 1.95. The Morgan fingerprint density at radius 3 is 3.00 bits per heavy atom. The number of pyridine rings is 1. The van der Waals surface area contributed by atoms with Gasteiger partial charge in [-0.2, -0.15) is 0 Å². The molecule has 1 N–H and O–H groups in total. The van der Waals surface area contributed by atoms with Gasteiger partial charge in [0.1, 0.15) is 0 Å². The molecule has 106 valence electrons. The minimum atomic E-state index is 0.563. The number of aromatic nitrogens is 3. The van der Waals surface area contributed by atoms with Crippen LogP contribution in [0.3, 0.4) is 0 Å². The molecule has 0 bridgehead atoms. The number of likely N-dealkylation sites (N-methyl/N-ethyl adjacent to an activating group) is 1. The summed E-state index contributed by atoms with van der Waals surface area (Å²) in [5.41, 5.74) is 1.06. The molecule has 1 aliphatic carbocycles. The molecule has 0 radical (unpaired) electrons. The van der Waals surface area contributed by atoms with Gasteiger partial charge < -0.3 is 14.6 Å². The number of rotatable bonds is 7. The molecule has 6 nitrogen and oxygen atoms in total. The lowest BCUT2D eigenvalue weighted by Gasteiger charge is -2.12. The monoisotopic (exact) mass is 273 g/mol. The molecule has 0 amide bonds. The molecule has 0 atom stereocenters. The SMILES string of the molecule is CN(CCc1ccccn1)c1nnc(CNC2CC2)o1. The van der Waals surface area contributed by atoms with Crippen molar-refractivity contribution in [2.45, 2.75) is 31.8 Å². The van der Waals surface area contributed by atoms with E-state index < -0.39 is 0 Å². The lowest BCUT2D eigenvalue weighted by molar-refractivity contribution is 0.464. The van der Waals surface area contributed by atoms with Gasteiger partial charge in [0.2, 0.25) is 5.89 Å². The molecule has 1 fully saturated rings. The van der Waals surface area contributed by atoms with Gasteiger partial charge in [0.05, 0.1) is 6.54 Å². The van der Waals surface area contributed by atoms with E-state index in [2.05, 4.69) is 20.5 Å². The van der Waals surface area contributed by atoms with Gasteiger partial charge >= 0.3 is 6.01 Å². The third-order valence-electron chi connectivity index (χ3n) is 3.33. The van der Waals surface area contributed by atoms with Gasteiger partial charge in [-0.1, -0.05) is 11.2 Å². The summed E-state index contributed by atoms with van der Waals surface area (Å²) in [6.45, 7) is 1.46. The van der Waals surface area contributed by atoms with Gasteiger partial charge in [0.15, 0.2) is 0 Å². The van der Waals surface area contributed by atoms with E-state index in [0.29, 0.717) is 24.5 Å². The van der Waals surface area contributed by atoms with Crippen LogP contribution < -0.4 is 10.2 Å². The molecule has 6 heteroatoms. The van der Waals surface area contributed by atoms with Crippen molar-refractivity contribution in [3.8, 4) is 0 Å². The zero-order valence-electron chi connectivity index (χ0n) is 11.6. The summed E-state index contributed by atoms with van der Waals surface area (Å²) in [5, 5.41) is 11.5. The Labute approximate surface area is 118 Å². The highest BCUT2D eigenvalue weighted by molar-refractivity contribution is 5.22. The predicted molar refractivity (Wildman–Crippen MR) is 75.4 cm³/mol. The summed E-state index contributed by atoms with van der Waals surface area (Å²) >= 11 is 0. The second-order valence-corrected chi connectivity index (χ2v) is 5.13. The van der Waals surface area contributed by atoms with Crippen LogP contribution >= 0.6 is 0 Å². The highest BCUT2D eigenvalue weighted by atomic mass is 16.4. The maximum atomic E-state index is 5.63. The van der Waals surface area contributed by atoms with Crippen molar-refractivity contribution < 1.29 is 4.42 Å². The van der Waals surface area contributed by atoms with Crippen molar-refractivity contribution in [2.75, 3.05) is 18.5 Å². The van der Waals surface area contributed by atoms with Crippen LogP contribution in [0.5, 0.6) is 0 Å². The van der Waals surface area contributed by atoms with E-state index in [1.54, 1.807) is 0 Å². The summed E-state index contributed by atoms with van der Waals surface area (Å²) in [5.74, 6) is 0.650. The highest BCUT2D eigenvalue weighted by Gasteiger charge is 2.21. The summed E-state index contributed by atoms with van der Waals surface area (Å²) in [4.78, 5) is 6.26. The van der Waals surface area contributed by atoms with E-state index in [9.17, 15) is 0 Å². The lowest BCUT2D eigenvalue weighted by Crippen LogP contribution is -2.21. The summed E-state index contributed by atoms with van der Waals surface area (Å²) < 4.78 is 5.63. The quantitative estimate of drug-likeness (QED) is 0.822. The standard InChI is InChI=1S/C14H19N5O/c1-19(9-7-11-4-2-3-8-15-11)14-18-17-13(20-14)10-16-12-5-6-12/h2-4,8,12,16H,5-7,9-10H2,1H3. The van der Waals surface area contributed by atoms with Crippen molar-refractivity contribution in [3.05, 3.63) is 36.0 Å². The van der Waals surface area contributed by atoms with Gasteiger partial charge in [0.25, 0.3) is 0 Å². The molecule has 2 heterocycles. The van der Waals surface area contributed by atoms with E-state index in [0.717, 1.165) is 18.7 Å². The Balaban J connectivity index is 1.49. The smallest absolute Gasteiger partial charge is 0.317 e. The van der Waals surface area contributed by atoms with Crippen molar-refractivity contribution in [2.24, 2.45) is 0 Å². The van der Waals surface area contributed by atoms with Crippen molar-refractivity contribution >= 4 is 6.01 Å². The summed E-state index contributed by atoms with van der Waals surface area (Å²) in [6, 6.07) is 7.15. The van der Waals surface area contributed by atoms with Gasteiger partial charge in [0, 0.05) is 37.9 Å². The van der Waals surface area contributed by atoms with E-state index in [-0.39, 0.29) is 0 Å². The van der Waals surface area contributed by atoms with Gasteiger partial charge in [-0.25, -0.2) is 0 Å². The second kappa shape index (κ2) is 6.00. The average Bonchev–Trinajstić information content (AvgIpc) is 3.20. The molecule has 0 unspecified atom stereocenters. The third kappa shape index (κ3) is 3.54. The first-order valence-electron chi connectivity index (χ1n) is 6.98. The Hall–Kier alpha value is -1.95. The molecule has 20 heavy (non-hydrogen) atoms. The molecular formula is C14H19N5O. The third-order valence-corrected chi connectivity index (χ3v) is 3.33. The molecule has 2 aromatic heterocycles. The normalized spacial score (nSPS) is 14.4. The average molecular weight is 273 g/mol. The van der Waals surface area contributed by atoms with Crippen molar-refractivity contribution in [3.63, 3.8) is 0 Å². The van der Waals surface area contributed by atoms with E-state index >= 15 is 0 Å². The highest BCUT2D eigenvalue weighted by Crippen LogP contribution is 2.19. The summed E-state index contributed by atoms with van der Waals surface area (Å²) in [6.07, 6.45) is 5.18. The van der Waals surface area contributed by atoms with Crippen molar-refractivity contribution in [1.29, 1.82) is 0 Å². The maximum absolute atomic E-state index is 5.63. The lowest BCUT2D eigenvalue weighted by atomic mass is 10.2. The van der Waals surface area contributed by atoms with Crippen LogP contribution in [0.1, 0.15) is 24.4 Å². The minimum Gasteiger partial charge on any atom is -0.407 e. The number of nitrogens with one attached hydrogen (secondary N) is 1. The number of anilines is 1. The van der Waals surface area contributed by atoms with Crippen LogP contribution in [0.2, 0.25) is 0 Å².